The molecule has 1 aliphatic carbocycles. The molecule has 5 heteroatoms. The average Bonchev–Trinajstić information content (AvgIpc) is 3.98. The number of hydrogen-bond acceptors (Lipinski definition) is 3. The lowest BCUT2D eigenvalue weighted by atomic mass is 10.0. The maximum atomic E-state index is 5.48. The van der Waals surface area contributed by atoms with Crippen molar-refractivity contribution >= 4 is 86.0 Å². The number of para-hydroxylation sites is 2. The highest BCUT2D eigenvalue weighted by atomic mass is 32.1. The minimum Gasteiger partial charge on any atom is -0.308 e. The highest BCUT2D eigenvalue weighted by molar-refractivity contribution is 7.25. The fourth-order valence-electron chi connectivity index (χ4n) is 9.48. The van der Waals surface area contributed by atoms with E-state index in [1.165, 1.54) is 81.4 Å². The van der Waals surface area contributed by atoms with Gasteiger partial charge in [-0.2, -0.15) is 0 Å². The molecule has 0 atom stereocenters. The van der Waals surface area contributed by atoms with E-state index < -0.39 is 0 Å². The van der Waals surface area contributed by atoms with E-state index in [2.05, 4.69) is 179 Å². The van der Waals surface area contributed by atoms with Gasteiger partial charge >= 0.3 is 0 Å². The van der Waals surface area contributed by atoms with Crippen LogP contribution in [0.1, 0.15) is 0 Å². The van der Waals surface area contributed by atoms with Crippen molar-refractivity contribution in [1.82, 2.24) is 19.1 Å². The van der Waals surface area contributed by atoms with Gasteiger partial charge < -0.3 is 4.57 Å². The third-order valence-corrected chi connectivity index (χ3v) is 12.8. The van der Waals surface area contributed by atoms with Crippen molar-refractivity contribution in [2.45, 2.75) is 0 Å². The largest absolute Gasteiger partial charge is 0.308 e. The second-order valence-electron chi connectivity index (χ2n) is 14.5. The van der Waals surface area contributed by atoms with Gasteiger partial charge in [0.2, 0.25) is 5.95 Å². The van der Waals surface area contributed by atoms with E-state index in [4.69, 9.17) is 9.97 Å². The molecule has 4 heterocycles. The molecule has 0 fully saturated rings. The molecule has 4 aromatic heterocycles. The normalized spacial score (nSPS) is 12.4. The van der Waals surface area contributed by atoms with Crippen LogP contribution < -0.4 is 0 Å². The van der Waals surface area contributed by atoms with Crippen LogP contribution in [0, 0.1) is 0 Å². The quantitative estimate of drug-likeness (QED) is 0.182. The molecule has 0 radical (unpaired) electrons. The number of thiophene rings is 1. The Bertz CT molecular complexity index is 3580. The molecule has 0 unspecified atom stereocenters. The van der Waals surface area contributed by atoms with E-state index in [1.54, 1.807) is 11.3 Å². The summed E-state index contributed by atoms with van der Waals surface area (Å²) in [4.78, 5) is 11.9. The molecule has 0 spiro atoms. The molecule has 12 aromatic rings. The summed E-state index contributed by atoms with van der Waals surface area (Å²) < 4.78 is 6.01. The van der Waals surface area contributed by atoms with Crippen LogP contribution in [0.25, 0.3) is 120 Å². The van der Waals surface area contributed by atoms with Gasteiger partial charge in [-0.05, 0) is 58.0 Å². The number of nitrogens with zero attached hydrogens (tertiary/aromatic N) is 4. The first-order valence-corrected chi connectivity index (χ1v) is 19.5. The third kappa shape index (κ3) is 3.84. The molecular formula is C50H28N4S. The Labute approximate surface area is 318 Å². The van der Waals surface area contributed by atoms with Gasteiger partial charge in [0.15, 0.2) is 0 Å². The van der Waals surface area contributed by atoms with Crippen LogP contribution in [0.3, 0.4) is 0 Å². The minimum absolute atomic E-state index is 0.675. The Morgan fingerprint density at radius 3 is 1.87 bits per heavy atom. The Morgan fingerprint density at radius 1 is 0.382 bits per heavy atom. The summed E-state index contributed by atoms with van der Waals surface area (Å²) >= 11 is 1.73. The topological polar surface area (TPSA) is 35.6 Å². The maximum Gasteiger partial charge on any atom is 0.236 e. The second kappa shape index (κ2) is 10.8. The maximum absolute atomic E-state index is 5.48. The Balaban J connectivity index is 1.17. The summed E-state index contributed by atoms with van der Waals surface area (Å²) in [6, 6.07) is 61.6. The van der Waals surface area contributed by atoms with Gasteiger partial charge in [0.05, 0.1) is 33.4 Å². The molecule has 0 N–H and O–H groups in total. The van der Waals surface area contributed by atoms with Crippen molar-refractivity contribution in [3.05, 3.63) is 170 Å². The zero-order valence-electron chi connectivity index (χ0n) is 29.4. The Morgan fingerprint density at radius 2 is 1.04 bits per heavy atom. The number of fused-ring (bicyclic) bond motifs is 13. The molecular weight excluding hydrogens is 689 g/mol. The van der Waals surface area contributed by atoms with Crippen molar-refractivity contribution in [2.75, 3.05) is 0 Å². The zero-order valence-corrected chi connectivity index (χ0v) is 30.2. The van der Waals surface area contributed by atoms with Crippen molar-refractivity contribution in [3.8, 4) is 45.1 Å². The second-order valence-corrected chi connectivity index (χ2v) is 15.5. The molecule has 13 rings (SSSR count). The van der Waals surface area contributed by atoms with E-state index in [0.29, 0.717) is 5.95 Å². The molecule has 0 aliphatic heterocycles. The standard InChI is InChI=1S/C50H28N4S/c1-2-13-29(14-3-1)47-46-38-19-8-11-24-43(38)55-49(46)52-50(51-47)54-40-23-10-7-18-37(40)45-42(54)28-26-35-32-17-6-9-22-39(32)53(48(35)45)41-27-25-34-31-16-5-4-15-30(31)33-20-12-21-36(41)44(33)34/h1-28H. The van der Waals surface area contributed by atoms with Crippen LogP contribution in [0.15, 0.2) is 170 Å². The lowest BCUT2D eigenvalue weighted by Crippen LogP contribution is -2.02. The Hall–Kier alpha value is -7.08. The van der Waals surface area contributed by atoms with E-state index in [9.17, 15) is 0 Å². The zero-order chi connectivity index (χ0) is 35.8. The minimum atomic E-state index is 0.675. The monoisotopic (exact) mass is 716 g/mol. The van der Waals surface area contributed by atoms with Gasteiger partial charge in [0, 0.05) is 48.0 Å². The number of aromatic nitrogens is 4. The lowest BCUT2D eigenvalue weighted by Gasteiger charge is -2.14. The molecule has 4 nitrogen and oxygen atoms in total. The predicted molar refractivity (Wildman–Crippen MR) is 231 cm³/mol. The van der Waals surface area contributed by atoms with Gasteiger partial charge in [-0.3, -0.25) is 4.57 Å². The van der Waals surface area contributed by atoms with E-state index in [1.807, 2.05) is 0 Å². The van der Waals surface area contributed by atoms with E-state index >= 15 is 0 Å². The smallest absolute Gasteiger partial charge is 0.236 e. The third-order valence-electron chi connectivity index (χ3n) is 11.7. The molecule has 8 aromatic carbocycles. The molecule has 0 amide bonds. The van der Waals surface area contributed by atoms with Crippen molar-refractivity contribution in [2.24, 2.45) is 0 Å². The highest BCUT2D eigenvalue weighted by Gasteiger charge is 2.26. The summed E-state index contributed by atoms with van der Waals surface area (Å²) in [7, 11) is 0. The summed E-state index contributed by atoms with van der Waals surface area (Å²) in [6.45, 7) is 0. The van der Waals surface area contributed by atoms with Crippen LogP contribution in [0.5, 0.6) is 0 Å². The first kappa shape index (κ1) is 29.4. The fraction of sp³-hybridized carbons (Fsp3) is 0. The van der Waals surface area contributed by atoms with Gasteiger partial charge in [0.1, 0.15) is 4.83 Å². The van der Waals surface area contributed by atoms with Gasteiger partial charge in [-0.1, -0.05) is 140 Å². The number of benzene rings is 8. The molecule has 254 valence electrons. The SMILES string of the molecule is c1ccc(-c2nc(-n3c4ccccc4c4c3ccc3c5ccccc5n(-c5ccc6c7c(cccc57)-c5ccccc5-6)c34)nc3sc4ccccc4c23)cc1. The number of rotatable bonds is 3. The summed E-state index contributed by atoms with van der Waals surface area (Å²) in [5.74, 6) is 0.675. The predicted octanol–water partition coefficient (Wildman–Crippen LogP) is 13.5. The van der Waals surface area contributed by atoms with Gasteiger partial charge in [-0.15, -0.1) is 11.3 Å². The van der Waals surface area contributed by atoms with Crippen LogP contribution >= 0.6 is 11.3 Å². The van der Waals surface area contributed by atoms with Crippen molar-refractivity contribution in [1.29, 1.82) is 0 Å². The van der Waals surface area contributed by atoms with Crippen LogP contribution in [0.4, 0.5) is 0 Å². The summed E-state index contributed by atoms with van der Waals surface area (Å²) in [6.07, 6.45) is 0. The molecule has 55 heavy (non-hydrogen) atoms. The van der Waals surface area contributed by atoms with Gasteiger partial charge in [0.25, 0.3) is 0 Å². The van der Waals surface area contributed by atoms with E-state index in [0.717, 1.165) is 32.5 Å². The highest BCUT2D eigenvalue weighted by Crippen LogP contribution is 2.50. The van der Waals surface area contributed by atoms with Crippen LogP contribution in [-0.2, 0) is 0 Å². The van der Waals surface area contributed by atoms with E-state index in [-0.39, 0.29) is 0 Å². The fourth-order valence-corrected chi connectivity index (χ4v) is 10.6. The van der Waals surface area contributed by atoms with Crippen molar-refractivity contribution < 1.29 is 0 Å². The molecule has 0 bridgehead atoms. The lowest BCUT2D eigenvalue weighted by molar-refractivity contribution is 1.02. The first-order chi connectivity index (χ1) is 27.3. The Kier molecular flexibility index (Phi) is 5.74. The molecule has 1 aliphatic rings. The summed E-state index contributed by atoms with van der Waals surface area (Å²) in [5.41, 5.74) is 13.0. The number of hydrogen-bond donors (Lipinski definition) is 0. The first-order valence-electron chi connectivity index (χ1n) is 18.7. The van der Waals surface area contributed by atoms with Crippen LogP contribution in [0.2, 0.25) is 0 Å². The summed E-state index contributed by atoms with van der Waals surface area (Å²) in [5, 5.41) is 9.69. The van der Waals surface area contributed by atoms with Crippen molar-refractivity contribution in [3.63, 3.8) is 0 Å². The molecule has 0 saturated heterocycles. The van der Waals surface area contributed by atoms with Crippen LogP contribution in [-0.4, -0.2) is 19.1 Å². The average molecular weight is 717 g/mol. The van der Waals surface area contributed by atoms with Gasteiger partial charge in [-0.25, -0.2) is 9.97 Å². The molecule has 0 saturated carbocycles.